The maximum absolute atomic E-state index is 13.8. The third-order valence-corrected chi connectivity index (χ3v) is 6.62. The van der Waals surface area contributed by atoms with Crippen LogP contribution in [-0.2, 0) is 6.54 Å². The first-order chi connectivity index (χ1) is 16.5. The van der Waals surface area contributed by atoms with E-state index in [1.807, 2.05) is 54.3 Å². The molecule has 2 atom stereocenters. The topological polar surface area (TPSA) is 97.1 Å². The number of halogens is 1. The first kappa shape index (κ1) is 22.4. The number of rotatable bonds is 7. The van der Waals surface area contributed by atoms with E-state index >= 15 is 0 Å². The summed E-state index contributed by atoms with van der Waals surface area (Å²) in [5.41, 5.74) is 10.5. The molecule has 0 bridgehead atoms. The average molecular weight is 476 g/mol. The van der Waals surface area contributed by atoms with Crippen molar-refractivity contribution in [3.63, 3.8) is 0 Å². The summed E-state index contributed by atoms with van der Waals surface area (Å²) in [5, 5.41) is 8.70. The summed E-state index contributed by atoms with van der Waals surface area (Å²) >= 11 is 6.20. The molecule has 2 aromatic carbocycles. The number of pyridine rings is 1. The largest absolute Gasteiger partial charge is 0.493 e. The molecule has 1 aliphatic carbocycles. The number of amides is 1. The number of aromatic nitrogens is 3. The minimum absolute atomic E-state index is 0.0335. The van der Waals surface area contributed by atoms with Crippen molar-refractivity contribution in [2.75, 3.05) is 6.61 Å². The second-order valence-corrected chi connectivity index (χ2v) is 8.97. The van der Waals surface area contributed by atoms with Gasteiger partial charge in [-0.2, -0.15) is 5.10 Å². The Morgan fingerprint density at radius 3 is 2.82 bits per heavy atom. The van der Waals surface area contributed by atoms with Gasteiger partial charge in [0.25, 0.3) is 5.91 Å². The SMILES string of the molecule is CCOc1cc(C(=O)N(Cc2cncc3cn[nH]c23)[C@H]2CC[C@H]2N)ccc1-c1cccc(Cl)c1. The molecule has 0 spiro atoms. The Kier molecular flexibility index (Phi) is 6.22. The van der Waals surface area contributed by atoms with Crippen molar-refractivity contribution in [2.45, 2.75) is 38.4 Å². The van der Waals surface area contributed by atoms with Crippen LogP contribution in [0.2, 0.25) is 5.02 Å². The van der Waals surface area contributed by atoms with Gasteiger partial charge in [-0.15, -0.1) is 0 Å². The molecule has 2 heterocycles. The lowest BCUT2D eigenvalue weighted by Gasteiger charge is -2.42. The van der Waals surface area contributed by atoms with Crippen LogP contribution in [0.25, 0.3) is 22.0 Å². The zero-order chi connectivity index (χ0) is 23.7. The zero-order valence-corrected chi connectivity index (χ0v) is 19.6. The molecular weight excluding hydrogens is 450 g/mol. The van der Waals surface area contributed by atoms with Crippen molar-refractivity contribution in [2.24, 2.45) is 5.73 Å². The van der Waals surface area contributed by atoms with Crippen molar-refractivity contribution >= 4 is 28.4 Å². The molecule has 8 heteroatoms. The molecule has 1 fully saturated rings. The highest BCUT2D eigenvalue weighted by molar-refractivity contribution is 6.30. The summed E-state index contributed by atoms with van der Waals surface area (Å²) in [6.45, 7) is 2.80. The van der Waals surface area contributed by atoms with Gasteiger partial charge < -0.3 is 15.4 Å². The fraction of sp³-hybridized carbons (Fsp3) is 0.269. The van der Waals surface area contributed by atoms with E-state index in [0.717, 1.165) is 40.4 Å². The van der Waals surface area contributed by atoms with Crippen LogP contribution in [0.3, 0.4) is 0 Å². The number of H-pyrrole nitrogens is 1. The molecule has 174 valence electrons. The number of carbonyl (C=O) groups excluding carboxylic acids is 1. The molecule has 2 aromatic heterocycles. The van der Waals surface area contributed by atoms with Gasteiger partial charge in [0.05, 0.1) is 18.3 Å². The van der Waals surface area contributed by atoms with E-state index < -0.39 is 0 Å². The van der Waals surface area contributed by atoms with E-state index in [9.17, 15) is 4.79 Å². The number of aromatic amines is 1. The van der Waals surface area contributed by atoms with Crippen LogP contribution in [0.1, 0.15) is 35.7 Å². The predicted molar refractivity (Wildman–Crippen MR) is 133 cm³/mol. The van der Waals surface area contributed by atoms with Gasteiger partial charge in [0.1, 0.15) is 5.75 Å². The lowest BCUT2D eigenvalue weighted by Crippen LogP contribution is -2.56. The van der Waals surface area contributed by atoms with Crippen LogP contribution < -0.4 is 10.5 Å². The second kappa shape index (κ2) is 9.44. The highest BCUT2D eigenvalue weighted by atomic mass is 35.5. The third kappa shape index (κ3) is 4.24. The maximum atomic E-state index is 13.8. The monoisotopic (exact) mass is 475 g/mol. The number of nitrogens with zero attached hydrogens (tertiary/aromatic N) is 3. The molecular formula is C26H26ClN5O2. The van der Waals surface area contributed by atoms with Crippen molar-refractivity contribution in [1.82, 2.24) is 20.1 Å². The van der Waals surface area contributed by atoms with Crippen LogP contribution in [0, 0.1) is 0 Å². The Labute approximate surface area is 202 Å². The van der Waals surface area contributed by atoms with E-state index in [1.54, 1.807) is 18.6 Å². The van der Waals surface area contributed by atoms with Gasteiger partial charge in [-0.3, -0.25) is 14.9 Å². The molecule has 4 aromatic rings. The Hall–Kier alpha value is -3.42. The number of nitrogens with two attached hydrogens (primary N) is 1. The fourth-order valence-electron chi connectivity index (χ4n) is 4.45. The second-order valence-electron chi connectivity index (χ2n) is 8.53. The molecule has 3 N–H and O–H groups in total. The maximum Gasteiger partial charge on any atom is 0.254 e. The first-order valence-electron chi connectivity index (χ1n) is 11.4. The molecule has 0 radical (unpaired) electrons. The number of carbonyl (C=O) groups is 1. The van der Waals surface area contributed by atoms with Gasteiger partial charge in [-0.05, 0) is 55.7 Å². The van der Waals surface area contributed by atoms with Gasteiger partial charge in [-0.1, -0.05) is 23.7 Å². The minimum atomic E-state index is -0.0877. The zero-order valence-electron chi connectivity index (χ0n) is 18.9. The van der Waals surface area contributed by atoms with E-state index in [-0.39, 0.29) is 18.0 Å². The summed E-state index contributed by atoms with van der Waals surface area (Å²) < 4.78 is 5.93. The van der Waals surface area contributed by atoms with Crippen LogP contribution in [0.5, 0.6) is 5.75 Å². The van der Waals surface area contributed by atoms with Gasteiger partial charge in [0.15, 0.2) is 0 Å². The summed E-state index contributed by atoms with van der Waals surface area (Å²) in [6, 6.07) is 13.1. The number of nitrogens with one attached hydrogen (secondary N) is 1. The van der Waals surface area contributed by atoms with E-state index in [2.05, 4.69) is 15.2 Å². The van der Waals surface area contributed by atoms with Gasteiger partial charge in [0.2, 0.25) is 0 Å². The number of ether oxygens (including phenoxy) is 1. The predicted octanol–water partition coefficient (Wildman–Crippen LogP) is 4.81. The van der Waals surface area contributed by atoms with Gasteiger partial charge in [-0.25, -0.2) is 0 Å². The van der Waals surface area contributed by atoms with E-state index in [1.165, 1.54) is 0 Å². The Morgan fingerprint density at radius 1 is 1.21 bits per heavy atom. The van der Waals surface area contributed by atoms with Crippen molar-refractivity contribution < 1.29 is 9.53 Å². The smallest absolute Gasteiger partial charge is 0.254 e. The van der Waals surface area contributed by atoms with Gasteiger partial charge in [0, 0.05) is 58.1 Å². The Balaban J connectivity index is 1.50. The number of fused-ring (bicyclic) bond motifs is 1. The average Bonchev–Trinajstić information content (AvgIpc) is 3.32. The van der Waals surface area contributed by atoms with E-state index in [0.29, 0.717) is 29.5 Å². The van der Waals surface area contributed by atoms with Gasteiger partial charge >= 0.3 is 0 Å². The highest BCUT2D eigenvalue weighted by Gasteiger charge is 2.36. The van der Waals surface area contributed by atoms with E-state index in [4.69, 9.17) is 22.1 Å². The number of benzene rings is 2. The first-order valence-corrected chi connectivity index (χ1v) is 11.8. The van der Waals surface area contributed by atoms with Crippen LogP contribution in [0.15, 0.2) is 61.1 Å². The summed E-state index contributed by atoms with van der Waals surface area (Å²) in [7, 11) is 0. The molecule has 0 aliphatic heterocycles. The number of hydrogen-bond donors (Lipinski definition) is 2. The van der Waals surface area contributed by atoms with Crippen LogP contribution >= 0.6 is 11.6 Å². The molecule has 7 nitrogen and oxygen atoms in total. The molecule has 1 aliphatic rings. The minimum Gasteiger partial charge on any atom is -0.493 e. The lowest BCUT2D eigenvalue weighted by atomic mass is 9.85. The van der Waals surface area contributed by atoms with Crippen molar-refractivity contribution in [3.05, 3.63) is 77.2 Å². The Bertz CT molecular complexity index is 1340. The molecule has 1 saturated carbocycles. The summed E-state index contributed by atoms with van der Waals surface area (Å²) in [6.07, 6.45) is 7.04. The molecule has 34 heavy (non-hydrogen) atoms. The van der Waals surface area contributed by atoms with Crippen molar-refractivity contribution in [3.8, 4) is 16.9 Å². The number of hydrogen-bond acceptors (Lipinski definition) is 5. The van der Waals surface area contributed by atoms with Crippen molar-refractivity contribution in [1.29, 1.82) is 0 Å². The van der Waals surface area contributed by atoms with Crippen LogP contribution in [0.4, 0.5) is 0 Å². The molecule has 5 rings (SSSR count). The normalized spacial score (nSPS) is 17.4. The molecule has 0 unspecified atom stereocenters. The fourth-order valence-corrected chi connectivity index (χ4v) is 4.64. The highest BCUT2D eigenvalue weighted by Crippen LogP contribution is 2.34. The van der Waals surface area contributed by atoms with Crippen LogP contribution in [-0.4, -0.2) is 44.7 Å². The summed E-state index contributed by atoms with van der Waals surface area (Å²) in [4.78, 5) is 20.0. The molecule has 0 saturated heterocycles. The molecule has 1 amide bonds. The third-order valence-electron chi connectivity index (χ3n) is 6.39. The standard InChI is InChI=1S/C26H26ClN5O2/c1-2-34-24-11-17(6-7-21(24)16-4-3-5-20(27)10-16)26(33)32(23-9-8-22(23)28)15-19-13-29-12-18-14-30-31-25(18)19/h3-7,10-14,22-23H,2,8-9,15,28H2,1H3,(H,30,31)/t22-,23+/m1/s1. The lowest BCUT2D eigenvalue weighted by molar-refractivity contribution is 0.0504. The Morgan fingerprint density at radius 2 is 2.09 bits per heavy atom. The summed E-state index contributed by atoms with van der Waals surface area (Å²) in [5.74, 6) is 0.557. The quantitative estimate of drug-likeness (QED) is 0.400.